The van der Waals surface area contributed by atoms with Crippen LogP contribution in [0, 0.1) is 11.3 Å². The van der Waals surface area contributed by atoms with E-state index in [2.05, 4.69) is 11.1 Å². The molecule has 124 valence electrons. The van der Waals surface area contributed by atoms with Crippen LogP contribution in [0.15, 0.2) is 83.2 Å². The number of pyridine rings is 2. The van der Waals surface area contributed by atoms with Crippen LogP contribution >= 0.6 is 11.3 Å². The maximum absolute atomic E-state index is 12.3. The molecule has 0 fully saturated rings. The molecule has 0 radical (unpaired) electrons. The highest BCUT2D eigenvalue weighted by Crippen LogP contribution is 2.32. The number of nitriles is 1. The molecule has 4 nitrogen and oxygen atoms in total. The largest absolute Gasteiger partial charge is 0.284 e. The minimum Gasteiger partial charge on any atom is -0.284 e. The van der Waals surface area contributed by atoms with Gasteiger partial charge in [0.05, 0.1) is 5.69 Å². The van der Waals surface area contributed by atoms with E-state index in [-0.39, 0.29) is 5.56 Å². The number of benzene rings is 1. The van der Waals surface area contributed by atoms with E-state index in [0.717, 1.165) is 28.1 Å². The lowest BCUT2D eigenvalue weighted by atomic mass is 10.0. The fourth-order valence-electron chi connectivity index (χ4n) is 2.85. The SMILES string of the molecule is N#Cc1sccc1-c1cc(-c2ccccn2)cc(-n2ccccc2=O)c1. The maximum atomic E-state index is 12.3. The quantitative estimate of drug-likeness (QED) is 0.544. The number of rotatable bonds is 3. The topological polar surface area (TPSA) is 58.7 Å². The van der Waals surface area contributed by atoms with E-state index in [1.54, 1.807) is 23.0 Å². The third kappa shape index (κ3) is 2.94. The highest BCUT2D eigenvalue weighted by Gasteiger charge is 2.12. The van der Waals surface area contributed by atoms with Crippen molar-refractivity contribution in [2.75, 3.05) is 0 Å². The first-order valence-corrected chi connectivity index (χ1v) is 8.87. The molecular formula is C21H13N3OS. The first-order chi connectivity index (χ1) is 12.8. The molecule has 0 spiro atoms. The predicted octanol–water partition coefficient (Wildman–Crippen LogP) is 4.50. The standard InChI is InChI=1S/C21H13N3OS/c22-14-20-18(7-10-26-20)15-11-16(19-5-1-3-8-23-19)13-17(12-15)24-9-4-2-6-21(24)25/h1-13H. The number of hydrogen-bond donors (Lipinski definition) is 0. The summed E-state index contributed by atoms with van der Waals surface area (Å²) < 4.78 is 1.59. The molecular weight excluding hydrogens is 342 g/mol. The van der Waals surface area contributed by atoms with Crippen molar-refractivity contribution in [3.05, 3.63) is 93.7 Å². The van der Waals surface area contributed by atoms with E-state index < -0.39 is 0 Å². The lowest BCUT2D eigenvalue weighted by Crippen LogP contribution is -2.15. The lowest BCUT2D eigenvalue weighted by molar-refractivity contribution is 0.991. The minimum absolute atomic E-state index is 0.109. The van der Waals surface area contributed by atoms with Crippen molar-refractivity contribution >= 4 is 11.3 Å². The van der Waals surface area contributed by atoms with Gasteiger partial charge in [0.25, 0.3) is 5.56 Å². The van der Waals surface area contributed by atoms with Crippen LogP contribution in [0.25, 0.3) is 28.1 Å². The molecule has 4 aromatic rings. The molecule has 5 heteroatoms. The summed E-state index contributed by atoms with van der Waals surface area (Å²) >= 11 is 1.41. The van der Waals surface area contributed by atoms with Crippen molar-refractivity contribution in [2.24, 2.45) is 0 Å². The Balaban J connectivity index is 1.98. The van der Waals surface area contributed by atoms with E-state index in [1.807, 2.05) is 53.9 Å². The summed E-state index contributed by atoms with van der Waals surface area (Å²) in [4.78, 5) is 17.4. The summed E-state index contributed by atoms with van der Waals surface area (Å²) in [7, 11) is 0. The molecule has 3 heterocycles. The zero-order valence-corrected chi connectivity index (χ0v) is 14.5. The average molecular weight is 355 g/mol. The number of nitrogens with zero attached hydrogens (tertiary/aromatic N) is 3. The second-order valence-electron chi connectivity index (χ2n) is 5.67. The summed E-state index contributed by atoms with van der Waals surface area (Å²) in [5, 5.41) is 11.3. The molecule has 0 atom stereocenters. The van der Waals surface area contributed by atoms with Crippen LogP contribution in [-0.4, -0.2) is 9.55 Å². The molecule has 0 aliphatic rings. The molecule has 4 rings (SSSR count). The van der Waals surface area contributed by atoms with E-state index >= 15 is 0 Å². The van der Waals surface area contributed by atoms with E-state index in [9.17, 15) is 10.1 Å². The van der Waals surface area contributed by atoms with Crippen molar-refractivity contribution in [3.63, 3.8) is 0 Å². The average Bonchev–Trinajstić information content (AvgIpc) is 3.17. The number of hydrogen-bond acceptors (Lipinski definition) is 4. The second kappa shape index (κ2) is 6.79. The zero-order valence-electron chi connectivity index (χ0n) is 13.7. The van der Waals surface area contributed by atoms with E-state index in [4.69, 9.17) is 0 Å². The van der Waals surface area contributed by atoms with Gasteiger partial charge in [-0.2, -0.15) is 5.26 Å². The van der Waals surface area contributed by atoms with E-state index in [1.165, 1.54) is 17.4 Å². The van der Waals surface area contributed by atoms with Crippen LogP contribution in [0.3, 0.4) is 0 Å². The van der Waals surface area contributed by atoms with Crippen LogP contribution in [-0.2, 0) is 0 Å². The lowest BCUT2D eigenvalue weighted by Gasteiger charge is -2.11. The van der Waals surface area contributed by atoms with Crippen LogP contribution in [0.2, 0.25) is 0 Å². The van der Waals surface area contributed by atoms with Gasteiger partial charge >= 0.3 is 0 Å². The summed E-state index contributed by atoms with van der Waals surface area (Å²) in [5.74, 6) is 0. The zero-order chi connectivity index (χ0) is 17.9. The number of thiophene rings is 1. The molecule has 26 heavy (non-hydrogen) atoms. The molecule has 0 saturated carbocycles. The summed E-state index contributed by atoms with van der Waals surface area (Å²) in [5.41, 5.74) is 4.08. The van der Waals surface area contributed by atoms with Gasteiger partial charge in [-0.1, -0.05) is 12.1 Å². The first-order valence-electron chi connectivity index (χ1n) is 7.99. The third-order valence-corrected chi connectivity index (χ3v) is 4.88. The molecule has 0 amide bonds. The van der Waals surface area contributed by atoms with Crippen molar-refractivity contribution in [2.45, 2.75) is 0 Å². The molecule has 0 N–H and O–H groups in total. The Labute approximate surface area is 154 Å². The molecule has 0 aliphatic heterocycles. The highest BCUT2D eigenvalue weighted by atomic mass is 32.1. The van der Waals surface area contributed by atoms with Crippen LogP contribution in [0.1, 0.15) is 4.88 Å². The first kappa shape index (κ1) is 16.0. The Morgan fingerprint density at radius 3 is 2.62 bits per heavy atom. The highest BCUT2D eigenvalue weighted by molar-refractivity contribution is 7.11. The maximum Gasteiger partial charge on any atom is 0.255 e. The van der Waals surface area contributed by atoms with Crippen molar-refractivity contribution in [3.8, 4) is 34.1 Å². The Bertz CT molecular complexity index is 1170. The van der Waals surface area contributed by atoms with Gasteiger partial charge in [-0.05, 0) is 53.4 Å². The molecule has 0 bridgehead atoms. The van der Waals surface area contributed by atoms with E-state index in [0.29, 0.717) is 4.88 Å². The number of aromatic nitrogens is 2. The third-order valence-electron chi connectivity index (χ3n) is 4.06. The van der Waals surface area contributed by atoms with Gasteiger partial charge < -0.3 is 0 Å². The Hall–Kier alpha value is -3.49. The van der Waals surface area contributed by atoms with Gasteiger partial charge in [-0.25, -0.2) is 0 Å². The summed E-state index contributed by atoms with van der Waals surface area (Å²) in [6, 6.07) is 20.8. The fraction of sp³-hybridized carbons (Fsp3) is 0. The second-order valence-corrected chi connectivity index (χ2v) is 6.58. The molecule has 0 unspecified atom stereocenters. The Kier molecular flexibility index (Phi) is 4.18. The van der Waals surface area contributed by atoms with Gasteiger partial charge in [-0.3, -0.25) is 14.3 Å². The molecule has 3 aromatic heterocycles. The van der Waals surface area contributed by atoms with Crippen LogP contribution in [0.4, 0.5) is 0 Å². The van der Waals surface area contributed by atoms with Gasteiger partial charge in [0, 0.05) is 35.3 Å². The minimum atomic E-state index is -0.109. The molecule has 0 aliphatic carbocycles. The van der Waals surface area contributed by atoms with Crippen molar-refractivity contribution in [1.82, 2.24) is 9.55 Å². The smallest absolute Gasteiger partial charge is 0.255 e. The van der Waals surface area contributed by atoms with Gasteiger partial charge in [-0.15, -0.1) is 11.3 Å². The van der Waals surface area contributed by atoms with Crippen molar-refractivity contribution in [1.29, 1.82) is 5.26 Å². The Morgan fingerprint density at radius 1 is 1.00 bits per heavy atom. The summed E-state index contributed by atoms with van der Waals surface area (Å²) in [6.07, 6.45) is 3.48. The van der Waals surface area contributed by atoms with Crippen LogP contribution in [0.5, 0.6) is 0 Å². The predicted molar refractivity (Wildman–Crippen MR) is 103 cm³/mol. The monoisotopic (exact) mass is 355 g/mol. The van der Waals surface area contributed by atoms with Crippen LogP contribution < -0.4 is 5.56 Å². The molecule has 0 saturated heterocycles. The van der Waals surface area contributed by atoms with Gasteiger partial charge in [0.15, 0.2) is 0 Å². The van der Waals surface area contributed by atoms with Crippen molar-refractivity contribution < 1.29 is 0 Å². The normalized spacial score (nSPS) is 10.4. The summed E-state index contributed by atoms with van der Waals surface area (Å²) in [6.45, 7) is 0. The fourth-order valence-corrected chi connectivity index (χ4v) is 3.56. The molecule has 1 aromatic carbocycles. The van der Waals surface area contributed by atoms with Gasteiger partial charge in [0.2, 0.25) is 0 Å². The Morgan fingerprint density at radius 2 is 1.85 bits per heavy atom. The van der Waals surface area contributed by atoms with Gasteiger partial charge in [0.1, 0.15) is 10.9 Å².